The summed E-state index contributed by atoms with van der Waals surface area (Å²) in [4.78, 5) is 27.3. The second-order valence-corrected chi connectivity index (χ2v) is 6.86. The molecule has 2 amide bonds. The van der Waals surface area contributed by atoms with Crippen LogP contribution in [0.25, 0.3) is 0 Å². The number of methoxy groups -OCH3 is 3. The van der Waals surface area contributed by atoms with Crippen LogP contribution in [0.15, 0.2) is 42.5 Å². The standard InChI is InChI=1S/C22H26N2O5/c1-27-17-12-16(13-18(14-17)28-2)22(26)24-10-8-15(9-11-24)21(25)23-19-6-4-5-7-20(19)29-3/h4-7,12-15H,8-11H2,1-3H3,(H,23,25). The summed E-state index contributed by atoms with van der Waals surface area (Å²) >= 11 is 0. The lowest BCUT2D eigenvalue weighted by molar-refractivity contribution is -0.121. The second-order valence-electron chi connectivity index (χ2n) is 6.86. The molecule has 2 aromatic carbocycles. The van der Waals surface area contributed by atoms with E-state index in [2.05, 4.69) is 5.32 Å². The summed E-state index contributed by atoms with van der Waals surface area (Å²) < 4.78 is 15.8. The van der Waals surface area contributed by atoms with Crippen molar-refractivity contribution >= 4 is 17.5 Å². The molecular weight excluding hydrogens is 372 g/mol. The van der Waals surface area contributed by atoms with Gasteiger partial charge in [-0.3, -0.25) is 9.59 Å². The minimum absolute atomic E-state index is 0.0513. The Hall–Kier alpha value is -3.22. The molecule has 0 aliphatic carbocycles. The summed E-state index contributed by atoms with van der Waals surface area (Å²) in [6.07, 6.45) is 1.21. The van der Waals surface area contributed by atoms with Crippen molar-refractivity contribution in [1.29, 1.82) is 0 Å². The Balaban J connectivity index is 1.61. The van der Waals surface area contributed by atoms with Crippen molar-refractivity contribution in [2.75, 3.05) is 39.7 Å². The van der Waals surface area contributed by atoms with Crippen LogP contribution < -0.4 is 19.5 Å². The van der Waals surface area contributed by atoms with Gasteiger partial charge in [0.25, 0.3) is 5.91 Å². The number of nitrogens with one attached hydrogen (secondary N) is 1. The summed E-state index contributed by atoms with van der Waals surface area (Å²) in [5.74, 6) is 1.47. The van der Waals surface area contributed by atoms with Crippen LogP contribution in [0, 0.1) is 5.92 Å². The zero-order valence-electron chi connectivity index (χ0n) is 16.9. The molecule has 0 spiro atoms. The van der Waals surface area contributed by atoms with Crippen molar-refractivity contribution in [2.24, 2.45) is 5.92 Å². The van der Waals surface area contributed by atoms with Gasteiger partial charge in [0.05, 0.1) is 27.0 Å². The van der Waals surface area contributed by atoms with E-state index in [0.717, 1.165) is 0 Å². The smallest absolute Gasteiger partial charge is 0.254 e. The molecule has 1 aliphatic rings. The Morgan fingerprint density at radius 1 is 0.931 bits per heavy atom. The summed E-state index contributed by atoms with van der Waals surface area (Å²) in [5, 5.41) is 2.94. The fraction of sp³-hybridized carbons (Fsp3) is 0.364. The van der Waals surface area contributed by atoms with E-state index in [-0.39, 0.29) is 17.7 Å². The minimum atomic E-state index is -0.149. The first kappa shape index (κ1) is 20.5. The molecule has 3 rings (SSSR count). The van der Waals surface area contributed by atoms with Gasteiger partial charge in [0.1, 0.15) is 17.2 Å². The normalized spacial score (nSPS) is 14.2. The van der Waals surface area contributed by atoms with Gasteiger partial charge in [0, 0.05) is 30.6 Å². The second kappa shape index (κ2) is 9.32. The number of amides is 2. The molecule has 0 unspecified atom stereocenters. The number of anilines is 1. The van der Waals surface area contributed by atoms with Gasteiger partial charge in [-0.05, 0) is 37.1 Å². The predicted octanol–water partition coefficient (Wildman–Crippen LogP) is 3.20. The lowest BCUT2D eigenvalue weighted by atomic mass is 9.95. The van der Waals surface area contributed by atoms with Gasteiger partial charge in [-0.15, -0.1) is 0 Å². The van der Waals surface area contributed by atoms with Crippen molar-refractivity contribution in [1.82, 2.24) is 4.90 Å². The maximum Gasteiger partial charge on any atom is 0.254 e. The number of rotatable bonds is 6. The minimum Gasteiger partial charge on any atom is -0.497 e. The van der Waals surface area contributed by atoms with E-state index < -0.39 is 0 Å². The zero-order valence-corrected chi connectivity index (χ0v) is 16.9. The average molecular weight is 398 g/mol. The SMILES string of the molecule is COc1cc(OC)cc(C(=O)N2CCC(C(=O)Nc3ccccc3OC)CC2)c1. The number of hydrogen-bond donors (Lipinski definition) is 1. The number of benzene rings is 2. The molecule has 0 bridgehead atoms. The highest BCUT2D eigenvalue weighted by Crippen LogP contribution is 2.27. The number of para-hydroxylation sites is 2. The Kier molecular flexibility index (Phi) is 6.59. The molecule has 1 aliphatic heterocycles. The number of carbonyl (C=O) groups excluding carboxylic acids is 2. The van der Waals surface area contributed by atoms with Crippen LogP contribution in [0.4, 0.5) is 5.69 Å². The molecule has 2 aromatic rings. The van der Waals surface area contributed by atoms with E-state index in [1.165, 1.54) is 0 Å². The maximum atomic E-state index is 12.9. The Morgan fingerprint density at radius 2 is 1.55 bits per heavy atom. The van der Waals surface area contributed by atoms with Gasteiger partial charge >= 0.3 is 0 Å². The van der Waals surface area contributed by atoms with Gasteiger partial charge in [0.2, 0.25) is 5.91 Å². The molecule has 1 N–H and O–H groups in total. The van der Waals surface area contributed by atoms with E-state index in [9.17, 15) is 9.59 Å². The molecule has 0 atom stereocenters. The molecule has 154 valence electrons. The van der Waals surface area contributed by atoms with Crippen molar-refractivity contribution in [2.45, 2.75) is 12.8 Å². The number of carbonyl (C=O) groups is 2. The summed E-state index contributed by atoms with van der Waals surface area (Å²) in [6, 6.07) is 12.4. The van der Waals surface area contributed by atoms with E-state index in [4.69, 9.17) is 14.2 Å². The van der Waals surface area contributed by atoms with Crippen molar-refractivity contribution < 1.29 is 23.8 Å². The molecule has 0 saturated carbocycles. The lowest BCUT2D eigenvalue weighted by Gasteiger charge is -2.31. The van der Waals surface area contributed by atoms with Gasteiger partial charge < -0.3 is 24.4 Å². The Labute approximate surface area is 170 Å². The third-order valence-corrected chi connectivity index (χ3v) is 5.12. The first-order chi connectivity index (χ1) is 14.0. The molecule has 0 radical (unpaired) electrons. The van der Waals surface area contributed by atoms with Crippen LogP contribution in [0.3, 0.4) is 0 Å². The Bertz CT molecular complexity index is 853. The highest BCUT2D eigenvalue weighted by molar-refractivity contribution is 5.96. The third-order valence-electron chi connectivity index (χ3n) is 5.12. The molecule has 0 aromatic heterocycles. The van der Waals surface area contributed by atoms with E-state index in [1.54, 1.807) is 50.5 Å². The molecule has 1 heterocycles. The van der Waals surface area contributed by atoms with Crippen LogP contribution in [0.2, 0.25) is 0 Å². The van der Waals surface area contributed by atoms with Crippen LogP contribution in [-0.4, -0.2) is 51.1 Å². The summed E-state index contributed by atoms with van der Waals surface area (Å²) in [5.41, 5.74) is 1.17. The van der Waals surface area contributed by atoms with Crippen LogP contribution >= 0.6 is 0 Å². The highest BCUT2D eigenvalue weighted by Gasteiger charge is 2.28. The van der Waals surface area contributed by atoms with Crippen molar-refractivity contribution in [3.8, 4) is 17.2 Å². The Morgan fingerprint density at radius 3 is 2.14 bits per heavy atom. The van der Waals surface area contributed by atoms with Crippen molar-refractivity contribution in [3.05, 3.63) is 48.0 Å². The molecule has 7 nitrogen and oxygen atoms in total. The van der Waals surface area contributed by atoms with Gasteiger partial charge in [-0.2, -0.15) is 0 Å². The number of hydrogen-bond acceptors (Lipinski definition) is 5. The van der Waals surface area contributed by atoms with Crippen LogP contribution in [-0.2, 0) is 4.79 Å². The molecular formula is C22H26N2O5. The first-order valence-corrected chi connectivity index (χ1v) is 9.52. The molecule has 1 fully saturated rings. The predicted molar refractivity (Wildman–Crippen MR) is 110 cm³/mol. The van der Waals surface area contributed by atoms with Gasteiger partial charge in [-0.1, -0.05) is 12.1 Å². The quantitative estimate of drug-likeness (QED) is 0.809. The molecule has 29 heavy (non-hydrogen) atoms. The number of nitrogens with zero attached hydrogens (tertiary/aromatic N) is 1. The summed E-state index contributed by atoms with van der Waals surface area (Å²) in [7, 11) is 4.67. The lowest BCUT2D eigenvalue weighted by Crippen LogP contribution is -2.41. The third kappa shape index (κ3) is 4.80. The van der Waals surface area contributed by atoms with E-state index >= 15 is 0 Å². The topological polar surface area (TPSA) is 77.1 Å². The molecule has 1 saturated heterocycles. The highest BCUT2D eigenvalue weighted by atomic mass is 16.5. The van der Waals surface area contributed by atoms with E-state index in [0.29, 0.717) is 54.4 Å². The number of likely N-dealkylation sites (tertiary alicyclic amines) is 1. The summed E-state index contributed by atoms with van der Waals surface area (Å²) in [6.45, 7) is 1.03. The first-order valence-electron chi connectivity index (χ1n) is 9.52. The van der Waals surface area contributed by atoms with E-state index in [1.807, 2.05) is 18.2 Å². The van der Waals surface area contributed by atoms with Crippen LogP contribution in [0.5, 0.6) is 17.2 Å². The largest absolute Gasteiger partial charge is 0.497 e. The van der Waals surface area contributed by atoms with Gasteiger partial charge in [0.15, 0.2) is 0 Å². The molecule has 7 heteroatoms. The van der Waals surface area contributed by atoms with Crippen LogP contribution in [0.1, 0.15) is 23.2 Å². The average Bonchev–Trinajstić information content (AvgIpc) is 2.78. The number of ether oxygens (including phenoxy) is 3. The zero-order chi connectivity index (χ0) is 20.8. The monoisotopic (exact) mass is 398 g/mol. The maximum absolute atomic E-state index is 12.9. The van der Waals surface area contributed by atoms with Crippen molar-refractivity contribution in [3.63, 3.8) is 0 Å². The number of piperidine rings is 1. The van der Waals surface area contributed by atoms with Gasteiger partial charge in [-0.25, -0.2) is 0 Å². The fourth-order valence-electron chi connectivity index (χ4n) is 3.44. The fourth-order valence-corrected chi connectivity index (χ4v) is 3.44.